The lowest BCUT2D eigenvalue weighted by molar-refractivity contribution is -0.110. The van der Waals surface area contributed by atoms with Crippen LogP contribution in [0.1, 0.15) is 41.7 Å². The summed E-state index contributed by atoms with van der Waals surface area (Å²) in [5.74, 6) is -0.189. The molecule has 2 aliphatic rings. The first kappa shape index (κ1) is 14.5. The summed E-state index contributed by atoms with van der Waals surface area (Å²) < 4.78 is 7.48. The molecule has 0 unspecified atom stereocenters. The van der Waals surface area contributed by atoms with Crippen molar-refractivity contribution in [1.82, 2.24) is 14.7 Å². The number of carbonyl (C=O) groups excluding carboxylic acids is 1. The second-order valence-corrected chi connectivity index (χ2v) is 6.17. The highest BCUT2D eigenvalue weighted by atomic mass is 16.5. The number of fused-ring (bicyclic) bond motifs is 1. The van der Waals surface area contributed by atoms with E-state index in [1.165, 1.54) is 4.90 Å². The molecule has 1 saturated heterocycles. The molecule has 3 heterocycles. The van der Waals surface area contributed by atoms with E-state index < -0.39 is 5.60 Å². The van der Waals surface area contributed by atoms with Crippen LogP contribution in [0.25, 0.3) is 0 Å². The Morgan fingerprint density at radius 3 is 2.76 bits per heavy atom. The van der Waals surface area contributed by atoms with E-state index in [0.717, 1.165) is 11.3 Å². The number of carbonyl (C=O) groups is 1. The number of hydrogen-bond acceptors (Lipinski definition) is 5. The molecule has 1 aromatic rings. The second-order valence-electron chi connectivity index (χ2n) is 6.17. The van der Waals surface area contributed by atoms with Crippen LogP contribution in [0, 0.1) is 0 Å². The number of hydrogen-bond donors (Lipinski definition) is 2. The first-order valence-electron chi connectivity index (χ1n) is 7.18. The van der Waals surface area contributed by atoms with Gasteiger partial charge in [-0.3, -0.25) is 9.48 Å². The maximum Gasteiger partial charge on any atom is 0.274 e. The van der Waals surface area contributed by atoms with Crippen LogP contribution < -0.4 is 0 Å². The first-order chi connectivity index (χ1) is 9.84. The Morgan fingerprint density at radius 2 is 2.14 bits per heavy atom. The number of aromatic nitrogens is 2. The SMILES string of the molecule is C[C@@H]1Cc2c(C(=O)N3CC(O)(CO)C3)nn(C)c2[C@H](C)O1. The third kappa shape index (κ3) is 2.25. The van der Waals surface area contributed by atoms with E-state index in [1.807, 2.05) is 20.9 Å². The van der Waals surface area contributed by atoms with Gasteiger partial charge in [-0.25, -0.2) is 0 Å². The largest absolute Gasteiger partial charge is 0.393 e. The Hall–Kier alpha value is -1.44. The van der Waals surface area contributed by atoms with Crippen LogP contribution in [0.2, 0.25) is 0 Å². The summed E-state index contributed by atoms with van der Waals surface area (Å²) in [6.45, 7) is 3.90. The van der Waals surface area contributed by atoms with Gasteiger partial charge in [0, 0.05) is 19.0 Å². The van der Waals surface area contributed by atoms with Crippen molar-refractivity contribution >= 4 is 5.91 Å². The topological polar surface area (TPSA) is 87.8 Å². The van der Waals surface area contributed by atoms with E-state index in [-0.39, 0.29) is 37.8 Å². The Balaban J connectivity index is 1.87. The number of aryl methyl sites for hydroxylation is 1. The van der Waals surface area contributed by atoms with Crippen molar-refractivity contribution in [2.24, 2.45) is 7.05 Å². The standard InChI is InChI=1S/C14H21N3O4/c1-8-4-10-11(15-16(3)12(10)9(2)21-8)13(19)17-5-14(20,6-17)7-18/h8-9,18,20H,4-7H2,1-3H3/t8-,9+/m1/s1. The van der Waals surface area contributed by atoms with Crippen LogP contribution in [-0.2, 0) is 18.2 Å². The van der Waals surface area contributed by atoms with Gasteiger partial charge in [0.1, 0.15) is 5.60 Å². The Bertz CT molecular complexity index is 577. The average molecular weight is 295 g/mol. The first-order valence-corrected chi connectivity index (χ1v) is 7.18. The zero-order chi connectivity index (χ0) is 15.4. The Kier molecular flexibility index (Phi) is 3.31. The molecule has 0 saturated carbocycles. The molecule has 7 heteroatoms. The van der Waals surface area contributed by atoms with Gasteiger partial charge in [0.05, 0.1) is 37.6 Å². The van der Waals surface area contributed by atoms with Gasteiger partial charge in [-0.2, -0.15) is 5.10 Å². The number of rotatable bonds is 2. The molecule has 0 aromatic carbocycles. The number of likely N-dealkylation sites (tertiary alicyclic amines) is 1. The molecular formula is C14H21N3O4. The average Bonchev–Trinajstić information content (AvgIpc) is 2.71. The zero-order valence-corrected chi connectivity index (χ0v) is 12.5. The summed E-state index contributed by atoms with van der Waals surface area (Å²) in [6.07, 6.45) is 0.620. The fraction of sp³-hybridized carbons (Fsp3) is 0.714. The minimum absolute atomic E-state index is 0.0500. The van der Waals surface area contributed by atoms with Crippen LogP contribution >= 0.6 is 0 Å². The molecule has 7 nitrogen and oxygen atoms in total. The molecule has 0 radical (unpaired) electrons. The smallest absolute Gasteiger partial charge is 0.274 e. The minimum Gasteiger partial charge on any atom is -0.393 e. The van der Waals surface area contributed by atoms with E-state index in [4.69, 9.17) is 9.84 Å². The molecule has 2 N–H and O–H groups in total. The summed E-state index contributed by atoms with van der Waals surface area (Å²) in [4.78, 5) is 14.1. The summed E-state index contributed by atoms with van der Waals surface area (Å²) in [7, 11) is 1.81. The molecule has 2 atom stereocenters. The van der Waals surface area contributed by atoms with Gasteiger partial charge in [-0.15, -0.1) is 0 Å². The van der Waals surface area contributed by atoms with E-state index in [9.17, 15) is 9.90 Å². The van der Waals surface area contributed by atoms with Crippen molar-refractivity contribution in [2.45, 2.75) is 38.1 Å². The third-order valence-electron chi connectivity index (χ3n) is 4.26. The van der Waals surface area contributed by atoms with Crippen molar-refractivity contribution in [3.05, 3.63) is 17.0 Å². The number of β-amino-alcohol motifs (C(OH)–C–C–N with tert-alkyl or cyclic N) is 1. The van der Waals surface area contributed by atoms with Gasteiger partial charge in [-0.05, 0) is 13.8 Å². The highest BCUT2D eigenvalue weighted by Crippen LogP contribution is 2.33. The zero-order valence-electron chi connectivity index (χ0n) is 12.5. The van der Waals surface area contributed by atoms with Gasteiger partial charge in [0.2, 0.25) is 0 Å². The molecule has 21 heavy (non-hydrogen) atoms. The van der Waals surface area contributed by atoms with Crippen molar-refractivity contribution < 1.29 is 19.7 Å². The van der Waals surface area contributed by atoms with E-state index in [0.29, 0.717) is 12.1 Å². The molecule has 1 fully saturated rings. The lowest BCUT2D eigenvalue weighted by atomic mass is 9.93. The number of nitrogens with zero attached hydrogens (tertiary/aromatic N) is 3. The Morgan fingerprint density at radius 1 is 1.48 bits per heavy atom. The third-order valence-corrected chi connectivity index (χ3v) is 4.26. The van der Waals surface area contributed by atoms with Crippen LogP contribution in [0.5, 0.6) is 0 Å². The molecule has 0 bridgehead atoms. The quantitative estimate of drug-likeness (QED) is 0.776. The summed E-state index contributed by atoms with van der Waals surface area (Å²) in [6, 6.07) is 0. The van der Waals surface area contributed by atoms with E-state index in [2.05, 4.69) is 5.10 Å². The molecule has 2 aliphatic heterocycles. The predicted octanol–water partition coefficient (Wildman–Crippen LogP) is -0.379. The minimum atomic E-state index is -1.16. The lowest BCUT2D eigenvalue weighted by Crippen LogP contribution is -2.65. The van der Waals surface area contributed by atoms with Crippen molar-refractivity contribution in [2.75, 3.05) is 19.7 Å². The summed E-state index contributed by atoms with van der Waals surface area (Å²) in [5, 5.41) is 23.2. The maximum atomic E-state index is 12.5. The van der Waals surface area contributed by atoms with Gasteiger partial charge >= 0.3 is 0 Å². The van der Waals surface area contributed by atoms with Crippen LogP contribution in [-0.4, -0.2) is 62.2 Å². The Labute approximate surface area is 123 Å². The normalized spacial score (nSPS) is 27.2. The summed E-state index contributed by atoms with van der Waals surface area (Å²) >= 11 is 0. The van der Waals surface area contributed by atoms with Gasteiger partial charge in [0.15, 0.2) is 5.69 Å². The van der Waals surface area contributed by atoms with Crippen LogP contribution in [0.15, 0.2) is 0 Å². The molecular weight excluding hydrogens is 274 g/mol. The van der Waals surface area contributed by atoms with E-state index >= 15 is 0 Å². The number of aliphatic hydroxyl groups is 2. The lowest BCUT2D eigenvalue weighted by Gasteiger charge is -2.45. The molecule has 116 valence electrons. The van der Waals surface area contributed by atoms with Gasteiger partial charge in [-0.1, -0.05) is 0 Å². The van der Waals surface area contributed by atoms with Crippen LogP contribution in [0.4, 0.5) is 0 Å². The molecule has 3 rings (SSSR count). The van der Waals surface area contributed by atoms with Gasteiger partial charge < -0.3 is 19.8 Å². The number of amides is 1. The van der Waals surface area contributed by atoms with Crippen molar-refractivity contribution in [3.8, 4) is 0 Å². The van der Waals surface area contributed by atoms with Crippen molar-refractivity contribution in [3.63, 3.8) is 0 Å². The maximum absolute atomic E-state index is 12.5. The predicted molar refractivity (Wildman–Crippen MR) is 73.8 cm³/mol. The monoisotopic (exact) mass is 295 g/mol. The highest BCUT2D eigenvalue weighted by Gasteiger charge is 2.45. The number of aliphatic hydroxyl groups excluding tert-OH is 1. The van der Waals surface area contributed by atoms with Crippen molar-refractivity contribution in [1.29, 1.82) is 0 Å². The molecule has 0 spiro atoms. The number of ether oxygens (including phenoxy) is 1. The van der Waals surface area contributed by atoms with Gasteiger partial charge in [0.25, 0.3) is 5.91 Å². The molecule has 1 aromatic heterocycles. The molecule has 1 amide bonds. The highest BCUT2D eigenvalue weighted by molar-refractivity contribution is 5.95. The fourth-order valence-electron chi connectivity index (χ4n) is 3.27. The fourth-order valence-corrected chi connectivity index (χ4v) is 3.27. The van der Waals surface area contributed by atoms with E-state index in [1.54, 1.807) is 4.68 Å². The summed E-state index contributed by atoms with van der Waals surface area (Å²) in [5.41, 5.74) is 1.16. The van der Waals surface area contributed by atoms with Crippen LogP contribution in [0.3, 0.4) is 0 Å². The molecule has 0 aliphatic carbocycles. The second kappa shape index (κ2) is 4.79.